The van der Waals surface area contributed by atoms with Gasteiger partial charge in [-0.1, -0.05) is 25.0 Å². The molecule has 5 heteroatoms. The average Bonchev–Trinajstić information content (AvgIpc) is 2.98. The maximum atomic E-state index is 13.2. The number of benzene rings is 1. The maximum Gasteiger partial charge on any atom is 0.171 e. The van der Waals surface area contributed by atoms with Gasteiger partial charge < -0.3 is 10.6 Å². The fourth-order valence-corrected chi connectivity index (χ4v) is 3.33. The second kappa shape index (κ2) is 6.40. The van der Waals surface area contributed by atoms with Crippen molar-refractivity contribution in [1.29, 1.82) is 0 Å². The van der Waals surface area contributed by atoms with E-state index >= 15 is 0 Å². The van der Waals surface area contributed by atoms with Crippen molar-refractivity contribution in [2.75, 3.05) is 5.32 Å². The number of hydrogen-bond donors (Lipinski definition) is 2. The summed E-state index contributed by atoms with van der Waals surface area (Å²) in [6, 6.07) is 12.2. The van der Waals surface area contributed by atoms with E-state index in [-0.39, 0.29) is 11.4 Å². The van der Waals surface area contributed by atoms with Gasteiger partial charge in [-0.15, -0.1) is 0 Å². The van der Waals surface area contributed by atoms with Crippen molar-refractivity contribution in [1.82, 2.24) is 10.3 Å². The van der Waals surface area contributed by atoms with Crippen LogP contribution in [0.2, 0.25) is 0 Å². The molecular weight excluding hydrogens is 297 g/mol. The molecule has 1 heterocycles. The highest BCUT2D eigenvalue weighted by atomic mass is 32.1. The summed E-state index contributed by atoms with van der Waals surface area (Å²) in [5.74, 6) is -0.284. The molecule has 114 valence electrons. The van der Waals surface area contributed by atoms with Gasteiger partial charge in [-0.3, -0.25) is 4.98 Å². The van der Waals surface area contributed by atoms with Crippen LogP contribution in [-0.2, 0) is 5.54 Å². The van der Waals surface area contributed by atoms with Crippen LogP contribution in [-0.4, -0.2) is 10.1 Å². The van der Waals surface area contributed by atoms with E-state index in [0.29, 0.717) is 10.8 Å². The second-order valence-electron chi connectivity index (χ2n) is 5.59. The van der Waals surface area contributed by atoms with Crippen molar-refractivity contribution in [2.45, 2.75) is 31.2 Å². The summed E-state index contributed by atoms with van der Waals surface area (Å²) in [5.41, 5.74) is 1.43. The molecule has 2 aromatic rings. The molecule has 1 fully saturated rings. The van der Waals surface area contributed by atoms with E-state index in [1.54, 1.807) is 18.3 Å². The Hall–Kier alpha value is -2.01. The van der Waals surface area contributed by atoms with Crippen LogP contribution in [0.5, 0.6) is 0 Å². The summed E-state index contributed by atoms with van der Waals surface area (Å²) in [6.07, 6.45) is 6.09. The molecule has 1 aromatic carbocycles. The van der Waals surface area contributed by atoms with E-state index in [9.17, 15) is 4.39 Å². The van der Waals surface area contributed by atoms with Crippen LogP contribution in [0.1, 0.15) is 31.4 Å². The van der Waals surface area contributed by atoms with Gasteiger partial charge in [0, 0.05) is 11.9 Å². The predicted molar refractivity (Wildman–Crippen MR) is 90.1 cm³/mol. The Balaban J connectivity index is 1.76. The van der Waals surface area contributed by atoms with Crippen molar-refractivity contribution in [2.24, 2.45) is 0 Å². The number of nitrogens with one attached hydrogen (secondary N) is 2. The minimum Gasteiger partial charge on any atom is -0.351 e. The van der Waals surface area contributed by atoms with Crippen LogP contribution in [0, 0.1) is 5.82 Å². The average molecular weight is 315 g/mol. The second-order valence-corrected chi connectivity index (χ2v) is 6.00. The Morgan fingerprint density at radius 3 is 2.64 bits per heavy atom. The minimum absolute atomic E-state index is 0.224. The molecule has 1 aliphatic carbocycles. The largest absolute Gasteiger partial charge is 0.351 e. The smallest absolute Gasteiger partial charge is 0.171 e. The van der Waals surface area contributed by atoms with Gasteiger partial charge >= 0.3 is 0 Å². The van der Waals surface area contributed by atoms with Gasteiger partial charge in [-0.05, 0) is 55.4 Å². The van der Waals surface area contributed by atoms with Crippen molar-refractivity contribution >= 4 is 23.0 Å². The predicted octanol–water partition coefficient (Wildman–Crippen LogP) is 3.98. The molecule has 0 bridgehead atoms. The lowest BCUT2D eigenvalue weighted by Crippen LogP contribution is -2.46. The molecule has 0 aliphatic heterocycles. The number of aromatic nitrogens is 1. The van der Waals surface area contributed by atoms with Gasteiger partial charge in [0.2, 0.25) is 0 Å². The van der Waals surface area contributed by atoms with E-state index in [4.69, 9.17) is 12.2 Å². The molecule has 0 saturated heterocycles. The van der Waals surface area contributed by atoms with Gasteiger partial charge in [0.05, 0.1) is 11.2 Å². The summed E-state index contributed by atoms with van der Waals surface area (Å²) >= 11 is 5.42. The number of halogens is 1. The summed E-state index contributed by atoms with van der Waals surface area (Å²) in [5, 5.41) is 6.97. The first kappa shape index (κ1) is 14.9. The molecule has 1 aliphatic rings. The summed E-state index contributed by atoms with van der Waals surface area (Å²) < 4.78 is 13.2. The van der Waals surface area contributed by atoms with Gasteiger partial charge in [0.1, 0.15) is 5.82 Å². The molecule has 0 unspecified atom stereocenters. The molecule has 22 heavy (non-hydrogen) atoms. The number of rotatable bonds is 3. The summed E-state index contributed by atoms with van der Waals surface area (Å²) in [6.45, 7) is 0. The fraction of sp³-hybridized carbons (Fsp3) is 0.294. The highest BCUT2D eigenvalue weighted by Crippen LogP contribution is 2.37. The first-order valence-corrected chi connectivity index (χ1v) is 7.85. The third-order valence-corrected chi connectivity index (χ3v) is 4.25. The molecular formula is C17H18FN3S. The summed E-state index contributed by atoms with van der Waals surface area (Å²) in [7, 11) is 0. The monoisotopic (exact) mass is 315 g/mol. The Morgan fingerprint density at radius 2 is 1.95 bits per heavy atom. The topological polar surface area (TPSA) is 37.0 Å². The molecule has 0 atom stereocenters. The molecule has 0 spiro atoms. The molecule has 0 amide bonds. The Bertz CT molecular complexity index is 654. The highest BCUT2D eigenvalue weighted by Gasteiger charge is 2.37. The lowest BCUT2D eigenvalue weighted by Gasteiger charge is -2.31. The molecule has 1 saturated carbocycles. The van der Waals surface area contributed by atoms with Gasteiger partial charge in [0.25, 0.3) is 0 Å². The number of pyridine rings is 1. The zero-order valence-corrected chi connectivity index (χ0v) is 13.0. The lowest BCUT2D eigenvalue weighted by atomic mass is 9.93. The lowest BCUT2D eigenvalue weighted by molar-refractivity contribution is 0.396. The van der Waals surface area contributed by atoms with Crippen LogP contribution >= 0.6 is 12.2 Å². The van der Waals surface area contributed by atoms with Crippen molar-refractivity contribution in [3.63, 3.8) is 0 Å². The van der Waals surface area contributed by atoms with E-state index < -0.39 is 0 Å². The van der Waals surface area contributed by atoms with Gasteiger partial charge in [-0.2, -0.15) is 0 Å². The van der Waals surface area contributed by atoms with Gasteiger partial charge in [-0.25, -0.2) is 4.39 Å². The Kier molecular flexibility index (Phi) is 4.34. The number of hydrogen-bond acceptors (Lipinski definition) is 2. The van der Waals surface area contributed by atoms with E-state index in [1.807, 2.05) is 18.2 Å². The third-order valence-electron chi connectivity index (χ3n) is 4.05. The molecule has 2 N–H and O–H groups in total. The first-order valence-electron chi connectivity index (χ1n) is 7.44. The maximum absolute atomic E-state index is 13.2. The van der Waals surface area contributed by atoms with Crippen molar-refractivity contribution in [3.05, 3.63) is 60.2 Å². The zero-order chi connectivity index (χ0) is 15.4. The van der Waals surface area contributed by atoms with Crippen LogP contribution in [0.15, 0.2) is 48.7 Å². The normalized spacial score (nSPS) is 16.2. The third kappa shape index (κ3) is 3.25. The minimum atomic E-state index is -0.284. The highest BCUT2D eigenvalue weighted by molar-refractivity contribution is 7.80. The van der Waals surface area contributed by atoms with E-state index in [0.717, 1.165) is 31.4 Å². The van der Waals surface area contributed by atoms with Crippen LogP contribution in [0.25, 0.3) is 0 Å². The van der Waals surface area contributed by atoms with E-state index in [1.165, 1.54) is 12.1 Å². The van der Waals surface area contributed by atoms with Crippen molar-refractivity contribution < 1.29 is 4.39 Å². The SMILES string of the molecule is Fc1cccc(NC(=S)NC2(c3ccccn3)CCCC2)c1. The van der Waals surface area contributed by atoms with Crippen LogP contribution in [0.3, 0.4) is 0 Å². The standard InChI is InChI=1S/C17H18FN3S/c18-13-6-5-7-14(12-13)20-16(22)21-17(9-2-3-10-17)15-8-1-4-11-19-15/h1,4-8,11-12H,2-3,9-10H2,(H2,20,21,22). The zero-order valence-electron chi connectivity index (χ0n) is 12.2. The van der Waals surface area contributed by atoms with Crippen LogP contribution < -0.4 is 10.6 Å². The van der Waals surface area contributed by atoms with Gasteiger partial charge in [0.15, 0.2) is 5.11 Å². The molecule has 0 radical (unpaired) electrons. The van der Waals surface area contributed by atoms with Crippen molar-refractivity contribution in [3.8, 4) is 0 Å². The number of nitrogens with zero attached hydrogens (tertiary/aromatic N) is 1. The fourth-order valence-electron chi connectivity index (χ4n) is 3.02. The molecule has 3 rings (SSSR count). The summed E-state index contributed by atoms with van der Waals surface area (Å²) in [4.78, 5) is 4.50. The molecule has 3 nitrogen and oxygen atoms in total. The number of anilines is 1. The van der Waals surface area contributed by atoms with Crippen LogP contribution in [0.4, 0.5) is 10.1 Å². The molecule has 1 aromatic heterocycles. The Morgan fingerprint density at radius 1 is 1.14 bits per heavy atom. The Labute approximate surface area is 135 Å². The quantitative estimate of drug-likeness (QED) is 0.840. The first-order chi connectivity index (χ1) is 10.7. The number of thiocarbonyl (C=S) groups is 1. The van der Waals surface area contributed by atoms with E-state index in [2.05, 4.69) is 15.6 Å².